The van der Waals surface area contributed by atoms with Crippen LogP contribution in [0.15, 0.2) is 152 Å². The molecule has 3 heterocycles. The lowest BCUT2D eigenvalue weighted by Crippen LogP contribution is -2.63. The smallest absolute Gasteiger partial charge is 0.113 e. The van der Waals surface area contributed by atoms with Gasteiger partial charge in [-0.05, 0) is 78.8 Å². The molecule has 1 nitrogen and oxygen atoms in total. The van der Waals surface area contributed by atoms with Crippen LogP contribution in [0.4, 0.5) is 0 Å². The van der Waals surface area contributed by atoms with Gasteiger partial charge in [-0.25, -0.2) is 0 Å². The molecule has 1 aromatic heterocycles. The molecule has 0 aliphatic carbocycles. The Kier molecular flexibility index (Phi) is 4.87. The first-order valence-electron chi connectivity index (χ1n) is 16.0. The van der Waals surface area contributed by atoms with Gasteiger partial charge in [0.25, 0.3) is 0 Å². The molecule has 0 bridgehead atoms. The van der Waals surface area contributed by atoms with Gasteiger partial charge in [0.15, 0.2) is 0 Å². The maximum atomic E-state index is 2.55. The number of benzene rings is 7. The lowest BCUT2D eigenvalue weighted by molar-refractivity contribution is 0.732. The van der Waals surface area contributed by atoms with Crippen molar-refractivity contribution in [1.82, 2.24) is 4.57 Å². The van der Waals surface area contributed by atoms with E-state index in [1.54, 1.807) is 0 Å². The second kappa shape index (κ2) is 8.71. The summed E-state index contributed by atoms with van der Waals surface area (Å²) < 4.78 is 2.53. The quantitative estimate of drug-likeness (QED) is 0.168. The van der Waals surface area contributed by atoms with Crippen LogP contribution in [0.1, 0.15) is 22.3 Å². The highest BCUT2D eigenvalue weighted by molar-refractivity contribution is 7.01. The Morgan fingerprint density at radius 1 is 0.467 bits per heavy atom. The van der Waals surface area contributed by atoms with Crippen molar-refractivity contribution in [2.75, 3.05) is 0 Å². The van der Waals surface area contributed by atoms with E-state index in [0.29, 0.717) is 0 Å². The monoisotopic (exact) mass is 589 g/mol. The van der Waals surface area contributed by atoms with Crippen molar-refractivity contribution in [3.63, 3.8) is 0 Å². The van der Waals surface area contributed by atoms with Crippen molar-refractivity contribution in [2.24, 2.45) is 0 Å². The first-order valence-corrected chi connectivity index (χ1v) is 19.0. The summed E-state index contributed by atoms with van der Waals surface area (Å²) in [7, 11) is -2.04. The van der Waals surface area contributed by atoms with Gasteiger partial charge in [0.2, 0.25) is 0 Å². The minimum atomic E-state index is -2.04. The van der Waals surface area contributed by atoms with Gasteiger partial charge in [0.05, 0.1) is 22.1 Å². The third kappa shape index (κ3) is 3.07. The molecule has 2 aliphatic heterocycles. The summed E-state index contributed by atoms with van der Waals surface area (Å²) in [5, 5.41) is 8.25. The minimum Gasteiger partial charge on any atom is -0.309 e. The summed E-state index contributed by atoms with van der Waals surface area (Å²) in [6.07, 6.45) is 0. The minimum absolute atomic E-state index is 0.443. The summed E-state index contributed by atoms with van der Waals surface area (Å²) in [6, 6.07) is 57.5. The van der Waals surface area contributed by atoms with Crippen molar-refractivity contribution < 1.29 is 0 Å². The Balaban J connectivity index is 1.40. The first kappa shape index (κ1) is 25.2. The lowest BCUT2D eigenvalue weighted by Gasteiger charge is -2.49. The summed E-state index contributed by atoms with van der Waals surface area (Å²) in [6.45, 7) is 5.08. The highest BCUT2D eigenvalue weighted by Gasteiger charge is 2.53. The predicted molar refractivity (Wildman–Crippen MR) is 192 cm³/mol. The Morgan fingerprint density at radius 3 is 2.02 bits per heavy atom. The van der Waals surface area contributed by atoms with Crippen LogP contribution in [0.3, 0.4) is 0 Å². The average molecular weight is 590 g/mol. The molecule has 10 rings (SSSR count). The fraction of sp³-hybridized carbons (Fsp3) is 0.0698. The third-order valence-electron chi connectivity index (χ3n) is 10.8. The molecule has 0 saturated carbocycles. The van der Waals surface area contributed by atoms with Gasteiger partial charge < -0.3 is 4.57 Å². The van der Waals surface area contributed by atoms with E-state index in [1.165, 1.54) is 82.0 Å². The van der Waals surface area contributed by atoms with Crippen LogP contribution < -0.4 is 10.4 Å². The fourth-order valence-electron chi connectivity index (χ4n) is 8.88. The summed E-state index contributed by atoms with van der Waals surface area (Å²) in [5.74, 6) is 0. The van der Waals surface area contributed by atoms with E-state index in [9.17, 15) is 0 Å². The summed E-state index contributed by atoms with van der Waals surface area (Å²) in [4.78, 5) is 0. The van der Waals surface area contributed by atoms with E-state index < -0.39 is 13.5 Å². The van der Waals surface area contributed by atoms with Crippen LogP contribution in [0.2, 0.25) is 13.1 Å². The molecule has 0 N–H and O–H groups in total. The number of para-hydroxylation sites is 3. The zero-order valence-electron chi connectivity index (χ0n) is 25.4. The largest absolute Gasteiger partial charge is 0.309 e. The van der Waals surface area contributed by atoms with Gasteiger partial charge in [-0.2, -0.15) is 0 Å². The molecule has 0 saturated heterocycles. The summed E-state index contributed by atoms with van der Waals surface area (Å²) in [5.41, 5.74) is 11.6. The molecule has 1 unspecified atom stereocenters. The molecular weight excluding hydrogens is 559 g/mol. The van der Waals surface area contributed by atoms with Gasteiger partial charge in [-0.3, -0.25) is 0 Å². The van der Waals surface area contributed by atoms with Gasteiger partial charge in [-0.1, -0.05) is 140 Å². The Labute approximate surface area is 264 Å². The maximum absolute atomic E-state index is 2.55. The number of rotatable bonds is 1. The molecule has 1 spiro atoms. The van der Waals surface area contributed by atoms with Gasteiger partial charge in [0, 0.05) is 10.8 Å². The molecule has 45 heavy (non-hydrogen) atoms. The van der Waals surface area contributed by atoms with Crippen LogP contribution >= 0.6 is 0 Å². The summed E-state index contributed by atoms with van der Waals surface area (Å²) >= 11 is 0. The predicted octanol–water partition coefficient (Wildman–Crippen LogP) is 9.44. The fourth-order valence-corrected chi connectivity index (χ4v) is 12.1. The van der Waals surface area contributed by atoms with Gasteiger partial charge >= 0.3 is 0 Å². The number of aromatic nitrogens is 1. The average Bonchev–Trinajstić information content (AvgIpc) is 3.43. The topological polar surface area (TPSA) is 4.93 Å². The van der Waals surface area contributed by atoms with Crippen LogP contribution in [0.5, 0.6) is 0 Å². The van der Waals surface area contributed by atoms with Crippen LogP contribution in [0.25, 0.3) is 49.4 Å². The molecule has 7 aromatic carbocycles. The second-order valence-corrected chi connectivity index (χ2v) is 17.6. The van der Waals surface area contributed by atoms with Crippen LogP contribution in [0, 0.1) is 0 Å². The molecule has 0 fully saturated rings. The Morgan fingerprint density at radius 2 is 1.11 bits per heavy atom. The van der Waals surface area contributed by atoms with Crippen molar-refractivity contribution >= 4 is 51.0 Å². The highest BCUT2D eigenvalue weighted by Crippen LogP contribution is 2.55. The molecular formula is C43H31NSi. The normalized spacial score (nSPS) is 17.4. The van der Waals surface area contributed by atoms with E-state index in [0.717, 1.165) is 0 Å². The number of hydrogen-bond donors (Lipinski definition) is 0. The van der Waals surface area contributed by atoms with Gasteiger partial charge in [-0.15, -0.1) is 0 Å². The number of fused-ring (bicyclic) bond motifs is 12. The molecule has 2 aliphatic rings. The molecule has 0 amide bonds. The number of hydrogen-bond acceptors (Lipinski definition) is 0. The van der Waals surface area contributed by atoms with E-state index in [4.69, 9.17) is 0 Å². The lowest BCUT2D eigenvalue weighted by atomic mass is 9.62. The maximum Gasteiger partial charge on any atom is 0.113 e. The Bertz CT molecular complexity index is 2530. The molecule has 8 aromatic rings. The SMILES string of the molecule is C[Si]1(C)c2ccccc2C2(c3ccccc3-n3c4ccccc4c4cccc2c43)c2cc(-c3ccc4ccccc4c3)ccc21. The third-order valence-corrected chi connectivity index (χ3v) is 14.4. The Hall–Kier alpha value is -5.18. The first-order chi connectivity index (χ1) is 22.1. The van der Waals surface area contributed by atoms with Crippen molar-refractivity contribution in [3.8, 4) is 16.8 Å². The molecule has 0 radical (unpaired) electrons. The molecule has 1 atom stereocenters. The zero-order valence-corrected chi connectivity index (χ0v) is 26.4. The van der Waals surface area contributed by atoms with Crippen molar-refractivity contribution in [3.05, 3.63) is 174 Å². The number of nitrogens with zero attached hydrogens (tertiary/aromatic N) is 1. The van der Waals surface area contributed by atoms with Gasteiger partial charge in [0.1, 0.15) is 8.07 Å². The molecule has 212 valence electrons. The van der Waals surface area contributed by atoms with E-state index in [-0.39, 0.29) is 0 Å². The zero-order chi connectivity index (χ0) is 29.9. The van der Waals surface area contributed by atoms with E-state index in [2.05, 4.69) is 169 Å². The van der Waals surface area contributed by atoms with E-state index >= 15 is 0 Å². The standard InChI is InChI=1S/C43H31NSi/c1-45(2)40-21-10-7-17-35(40)43(37-27-31(24-25-41(37)45)30-23-22-28-12-3-4-13-29(28)26-30)34-16-6-9-20-39(34)44-38-19-8-5-14-32(38)33-15-11-18-36(43)42(33)44/h3-27H,1-2H3. The highest BCUT2D eigenvalue weighted by atomic mass is 28.3. The van der Waals surface area contributed by atoms with E-state index in [1.807, 2.05) is 0 Å². The van der Waals surface area contributed by atoms with Crippen LogP contribution in [-0.4, -0.2) is 12.6 Å². The van der Waals surface area contributed by atoms with Crippen LogP contribution in [-0.2, 0) is 5.41 Å². The van der Waals surface area contributed by atoms with Crippen molar-refractivity contribution in [1.29, 1.82) is 0 Å². The second-order valence-electron chi connectivity index (χ2n) is 13.3. The molecule has 2 heteroatoms. The van der Waals surface area contributed by atoms with Crippen molar-refractivity contribution in [2.45, 2.75) is 18.5 Å².